The molecule has 3 aromatic rings. The van der Waals surface area contributed by atoms with Crippen LogP contribution in [0.1, 0.15) is 35.2 Å². The Labute approximate surface area is 158 Å². The third kappa shape index (κ3) is 3.84. The number of rotatable bonds is 5. The van der Waals surface area contributed by atoms with Crippen LogP contribution < -0.4 is 10.2 Å². The normalized spacial score (nSPS) is 14.1. The number of nitrogens with one attached hydrogen (secondary N) is 1. The fourth-order valence-electron chi connectivity index (χ4n) is 3.50. The van der Waals surface area contributed by atoms with Gasteiger partial charge in [-0.1, -0.05) is 18.2 Å². The first kappa shape index (κ1) is 17.3. The molecule has 2 aromatic heterocycles. The summed E-state index contributed by atoms with van der Waals surface area (Å²) in [6, 6.07) is 13.5. The number of para-hydroxylation sites is 1. The van der Waals surface area contributed by atoms with Crippen molar-refractivity contribution in [3.05, 3.63) is 72.2 Å². The first-order valence-corrected chi connectivity index (χ1v) is 9.39. The molecule has 0 bridgehead atoms. The number of amides is 1. The standard InChI is InChI=1S/C21H23N5O/c27-21(18-9-6-11-22-20(18)25-13-4-1-5-14-25)23-16-17-8-2-3-10-19(17)26-15-7-12-24-26/h2-3,6-12,15H,1,4-5,13-14,16H2,(H,23,27). The average molecular weight is 361 g/mol. The first-order valence-electron chi connectivity index (χ1n) is 9.39. The maximum Gasteiger partial charge on any atom is 0.255 e. The maximum atomic E-state index is 12.9. The Morgan fingerprint density at radius 1 is 1.00 bits per heavy atom. The smallest absolute Gasteiger partial charge is 0.255 e. The average Bonchev–Trinajstić information content (AvgIpc) is 3.27. The fraction of sp³-hybridized carbons (Fsp3) is 0.286. The van der Waals surface area contributed by atoms with Gasteiger partial charge in [-0.2, -0.15) is 5.10 Å². The van der Waals surface area contributed by atoms with Crippen molar-refractivity contribution in [3.63, 3.8) is 0 Å². The topological polar surface area (TPSA) is 63.1 Å². The van der Waals surface area contributed by atoms with Crippen molar-refractivity contribution < 1.29 is 4.79 Å². The van der Waals surface area contributed by atoms with Gasteiger partial charge >= 0.3 is 0 Å². The van der Waals surface area contributed by atoms with Crippen LogP contribution in [-0.2, 0) is 6.54 Å². The number of anilines is 1. The van der Waals surface area contributed by atoms with E-state index >= 15 is 0 Å². The van der Waals surface area contributed by atoms with Gasteiger partial charge in [0.25, 0.3) is 5.91 Å². The van der Waals surface area contributed by atoms with Crippen molar-refractivity contribution in [1.82, 2.24) is 20.1 Å². The summed E-state index contributed by atoms with van der Waals surface area (Å²) < 4.78 is 1.81. The molecule has 0 unspecified atom stereocenters. The molecular weight excluding hydrogens is 338 g/mol. The molecule has 0 atom stereocenters. The third-order valence-electron chi connectivity index (χ3n) is 4.87. The molecule has 6 nitrogen and oxygen atoms in total. The molecule has 0 radical (unpaired) electrons. The molecule has 1 fully saturated rings. The zero-order valence-electron chi connectivity index (χ0n) is 15.2. The molecule has 1 N–H and O–H groups in total. The molecule has 27 heavy (non-hydrogen) atoms. The molecule has 1 saturated heterocycles. The predicted octanol–water partition coefficient (Wildman–Crippen LogP) is 3.19. The minimum absolute atomic E-state index is 0.0982. The highest BCUT2D eigenvalue weighted by Crippen LogP contribution is 2.22. The number of carbonyl (C=O) groups is 1. The Kier molecular flexibility index (Phi) is 5.14. The molecule has 0 saturated carbocycles. The summed E-state index contributed by atoms with van der Waals surface area (Å²) in [7, 11) is 0. The minimum atomic E-state index is -0.0982. The van der Waals surface area contributed by atoms with Gasteiger partial charge < -0.3 is 10.2 Å². The van der Waals surface area contributed by atoms with E-state index < -0.39 is 0 Å². The number of nitrogens with zero attached hydrogens (tertiary/aromatic N) is 4. The van der Waals surface area contributed by atoms with Crippen LogP contribution in [0, 0.1) is 0 Å². The lowest BCUT2D eigenvalue weighted by atomic mass is 10.1. The molecule has 1 amide bonds. The van der Waals surface area contributed by atoms with Crippen molar-refractivity contribution in [2.75, 3.05) is 18.0 Å². The Hall–Kier alpha value is -3.15. The van der Waals surface area contributed by atoms with E-state index in [1.165, 1.54) is 6.42 Å². The maximum absolute atomic E-state index is 12.9. The molecule has 0 spiro atoms. The van der Waals surface area contributed by atoms with Crippen LogP contribution in [0.5, 0.6) is 0 Å². The van der Waals surface area contributed by atoms with Gasteiger partial charge in [-0.05, 0) is 49.1 Å². The lowest BCUT2D eigenvalue weighted by molar-refractivity contribution is 0.0951. The van der Waals surface area contributed by atoms with Crippen LogP contribution in [0.2, 0.25) is 0 Å². The number of pyridine rings is 1. The third-order valence-corrected chi connectivity index (χ3v) is 4.87. The molecule has 4 rings (SSSR count). The fourth-order valence-corrected chi connectivity index (χ4v) is 3.50. The number of aromatic nitrogens is 3. The van der Waals surface area contributed by atoms with Crippen molar-refractivity contribution in [2.45, 2.75) is 25.8 Å². The van der Waals surface area contributed by atoms with Crippen LogP contribution in [0.3, 0.4) is 0 Å². The van der Waals surface area contributed by atoms with E-state index in [1.807, 2.05) is 53.3 Å². The van der Waals surface area contributed by atoms with Gasteiger partial charge in [0.1, 0.15) is 5.82 Å². The van der Waals surface area contributed by atoms with Crippen molar-refractivity contribution >= 4 is 11.7 Å². The van der Waals surface area contributed by atoms with Gasteiger partial charge in [0.05, 0.1) is 11.3 Å². The Morgan fingerprint density at radius 3 is 2.67 bits per heavy atom. The van der Waals surface area contributed by atoms with Crippen LogP contribution in [0.15, 0.2) is 61.1 Å². The molecule has 1 aromatic carbocycles. The van der Waals surface area contributed by atoms with E-state index in [-0.39, 0.29) is 5.91 Å². The van der Waals surface area contributed by atoms with E-state index in [1.54, 1.807) is 12.4 Å². The Bertz CT molecular complexity index is 900. The Morgan fingerprint density at radius 2 is 1.85 bits per heavy atom. The van der Waals surface area contributed by atoms with Gasteiger partial charge in [0.2, 0.25) is 0 Å². The summed E-state index contributed by atoms with van der Waals surface area (Å²) in [5.41, 5.74) is 2.61. The van der Waals surface area contributed by atoms with Crippen LogP contribution >= 0.6 is 0 Å². The molecular formula is C21H23N5O. The second-order valence-corrected chi connectivity index (χ2v) is 6.68. The highest BCUT2D eigenvalue weighted by atomic mass is 16.1. The molecule has 138 valence electrons. The highest BCUT2D eigenvalue weighted by molar-refractivity contribution is 5.98. The zero-order chi connectivity index (χ0) is 18.5. The van der Waals surface area contributed by atoms with Crippen molar-refractivity contribution in [1.29, 1.82) is 0 Å². The summed E-state index contributed by atoms with van der Waals surface area (Å²) in [6.45, 7) is 2.35. The van der Waals surface area contributed by atoms with E-state index in [0.717, 1.165) is 43.0 Å². The molecule has 6 heteroatoms. The Balaban J connectivity index is 1.51. The number of piperidine rings is 1. The summed E-state index contributed by atoms with van der Waals surface area (Å²) in [4.78, 5) is 19.6. The van der Waals surface area contributed by atoms with Gasteiger partial charge in [-0.15, -0.1) is 0 Å². The van der Waals surface area contributed by atoms with Gasteiger partial charge in [0, 0.05) is 38.2 Å². The summed E-state index contributed by atoms with van der Waals surface area (Å²) in [5.74, 6) is 0.689. The second-order valence-electron chi connectivity index (χ2n) is 6.68. The molecule has 1 aliphatic heterocycles. The second kappa shape index (κ2) is 8.03. The largest absolute Gasteiger partial charge is 0.356 e. The van der Waals surface area contributed by atoms with Gasteiger partial charge in [-0.25, -0.2) is 9.67 Å². The summed E-state index contributed by atoms with van der Waals surface area (Å²) in [6.07, 6.45) is 8.94. The molecule has 1 aliphatic rings. The molecule has 0 aliphatic carbocycles. The number of hydrogen-bond acceptors (Lipinski definition) is 4. The van der Waals surface area contributed by atoms with Crippen molar-refractivity contribution in [3.8, 4) is 5.69 Å². The highest BCUT2D eigenvalue weighted by Gasteiger charge is 2.19. The molecule has 3 heterocycles. The van der Waals surface area contributed by atoms with Crippen LogP contribution in [0.25, 0.3) is 5.69 Å². The number of carbonyl (C=O) groups excluding carboxylic acids is 1. The van der Waals surface area contributed by atoms with Crippen molar-refractivity contribution in [2.24, 2.45) is 0 Å². The first-order chi connectivity index (χ1) is 13.3. The van der Waals surface area contributed by atoms with E-state index in [2.05, 4.69) is 20.3 Å². The lowest BCUT2D eigenvalue weighted by Crippen LogP contribution is -2.33. The summed E-state index contributed by atoms with van der Waals surface area (Å²) in [5, 5.41) is 7.35. The van der Waals surface area contributed by atoms with E-state index in [4.69, 9.17) is 0 Å². The summed E-state index contributed by atoms with van der Waals surface area (Å²) >= 11 is 0. The minimum Gasteiger partial charge on any atom is -0.356 e. The quantitative estimate of drug-likeness (QED) is 0.758. The predicted molar refractivity (Wildman–Crippen MR) is 105 cm³/mol. The monoisotopic (exact) mass is 361 g/mol. The van der Waals surface area contributed by atoms with E-state index in [9.17, 15) is 4.79 Å². The van der Waals surface area contributed by atoms with Gasteiger partial charge in [0.15, 0.2) is 0 Å². The van der Waals surface area contributed by atoms with Gasteiger partial charge in [-0.3, -0.25) is 4.79 Å². The van der Waals surface area contributed by atoms with Crippen LogP contribution in [-0.4, -0.2) is 33.8 Å². The number of benzene rings is 1. The number of hydrogen-bond donors (Lipinski definition) is 1. The lowest BCUT2D eigenvalue weighted by Gasteiger charge is -2.29. The van der Waals surface area contributed by atoms with E-state index in [0.29, 0.717) is 12.1 Å². The zero-order valence-corrected chi connectivity index (χ0v) is 15.2. The van der Waals surface area contributed by atoms with Crippen LogP contribution in [0.4, 0.5) is 5.82 Å². The SMILES string of the molecule is O=C(NCc1ccccc1-n1cccn1)c1cccnc1N1CCCCC1.